The van der Waals surface area contributed by atoms with Gasteiger partial charge in [0.1, 0.15) is 0 Å². The van der Waals surface area contributed by atoms with Crippen molar-refractivity contribution in [1.29, 1.82) is 0 Å². The van der Waals surface area contributed by atoms with Gasteiger partial charge in [-0.3, -0.25) is 0 Å². The van der Waals surface area contributed by atoms with Crippen molar-refractivity contribution >= 4 is 11.8 Å². The molecule has 0 spiro atoms. The van der Waals surface area contributed by atoms with E-state index in [1.807, 2.05) is 11.8 Å². The summed E-state index contributed by atoms with van der Waals surface area (Å²) < 4.78 is 5.31. The fourth-order valence-electron chi connectivity index (χ4n) is 0.891. The number of rotatable bonds is 1. The summed E-state index contributed by atoms with van der Waals surface area (Å²) in [6, 6.07) is 0. The largest absolute Gasteiger partial charge is 0.371 e. The molecular weight excluding hydrogens is 132 g/mol. The molecule has 0 bridgehead atoms. The van der Waals surface area contributed by atoms with Gasteiger partial charge < -0.3 is 4.74 Å². The highest BCUT2D eigenvalue weighted by molar-refractivity contribution is 7.99. The topological polar surface area (TPSA) is 9.23 Å². The lowest BCUT2D eigenvalue weighted by Gasteiger charge is -2.24. The molecular formula is C7H14OS. The summed E-state index contributed by atoms with van der Waals surface area (Å²) in [5.74, 6) is 3.78. The van der Waals surface area contributed by atoms with Gasteiger partial charge in [0, 0.05) is 5.75 Å². The Bertz CT molecular complexity index is 77.0. The van der Waals surface area contributed by atoms with Crippen LogP contribution >= 0.6 is 11.8 Å². The van der Waals surface area contributed by atoms with Crippen LogP contribution in [0.2, 0.25) is 0 Å². The molecule has 1 fully saturated rings. The Labute approximate surface area is 61.2 Å². The van der Waals surface area contributed by atoms with Gasteiger partial charge in [0.15, 0.2) is 0 Å². The fourth-order valence-corrected chi connectivity index (χ4v) is 1.99. The molecule has 0 aromatic carbocycles. The molecule has 1 nitrogen and oxygen atoms in total. The molecule has 1 aliphatic heterocycles. The summed E-state index contributed by atoms with van der Waals surface area (Å²) in [5, 5.41) is 0. The lowest BCUT2D eigenvalue weighted by Crippen LogP contribution is -2.22. The third kappa shape index (κ3) is 2.18. The third-order valence-corrected chi connectivity index (χ3v) is 2.77. The SMILES string of the molecule is CC(C)C1COCSC1. The molecule has 1 saturated heterocycles. The smallest absolute Gasteiger partial charge is 0.0921 e. The van der Waals surface area contributed by atoms with Gasteiger partial charge in [-0.25, -0.2) is 0 Å². The summed E-state index contributed by atoms with van der Waals surface area (Å²) in [7, 11) is 0. The zero-order valence-electron chi connectivity index (χ0n) is 6.09. The normalized spacial score (nSPS) is 29.0. The van der Waals surface area contributed by atoms with Crippen LogP contribution in [0, 0.1) is 11.8 Å². The minimum absolute atomic E-state index is 0.790. The van der Waals surface area contributed by atoms with Crippen LogP contribution in [0.15, 0.2) is 0 Å². The van der Waals surface area contributed by atoms with Crippen LogP contribution in [0.3, 0.4) is 0 Å². The molecule has 1 heterocycles. The van der Waals surface area contributed by atoms with E-state index in [9.17, 15) is 0 Å². The van der Waals surface area contributed by atoms with E-state index in [1.54, 1.807) is 0 Å². The van der Waals surface area contributed by atoms with E-state index in [1.165, 1.54) is 5.75 Å². The summed E-state index contributed by atoms with van der Waals surface area (Å²) >= 11 is 1.91. The van der Waals surface area contributed by atoms with Gasteiger partial charge in [0.05, 0.1) is 12.5 Å². The van der Waals surface area contributed by atoms with Crippen molar-refractivity contribution in [3.8, 4) is 0 Å². The van der Waals surface area contributed by atoms with Gasteiger partial charge >= 0.3 is 0 Å². The predicted octanol–water partition coefficient (Wildman–Crippen LogP) is 1.98. The molecule has 0 N–H and O–H groups in total. The quantitative estimate of drug-likeness (QED) is 0.559. The maximum Gasteiger partial charge on any atom is 0.0921 e. The summed E-state index contributed by atoms with van der Waals surface area (Å²) in [4.78, 5) is 0. The van der Waals surface area contributed by atoms with Gasteiger partial charge in [-0.2, -0.15) is 0 Å². The highest BCUT2D eigenvalue weighted by atomic mass is 32.2. The molecule has 9 heavy (non-hydrogen) atoms. The van der Waals surface area contributed by atoms with Gasteiger partial charge in [0.25, 0.3) is 0 Å². The standard InChI is InChI=1S/C7H14OS/c1-6(2)7-3-8-5-9-4-7/h6-7H,3-5H2,1-2H3. The van der Waals surface area contributed by atoms with E-state index in [-0.39, 0.29) is 0 Å². The van der Waals surface area contributed by atoms with Gasteiger partial charge in [0.2, 0.25) is 0 Å². The number of hydrogen-bond donors (Lipinski definition) is 0. The molecule has 0 aromatic rings. The second kappa shape index (κ2) is 3.47. The Morgan fingerprint density at radius 1 is 1.56 bits per heavy atom. The lowest BCUT2D eigenvalue weighted by molar-refractivity contribution is 0.118. The van der Waals surface area contributed by atoms with Crippen LogP contribution in [-0.2, 0) is 4.74 Å². The van der Waals surface area contributed by atoms with Crippen molar-refractivity contribution in [3.63, 3.8) is 0 Å². The molecule has 0 aliphatic carbocycles. The molecule has 1 rings (SSSR count). The Kier molecular flexibility index (Phi) is 2.86. The Morgan fingerprint density at radius 2 is 2.33 bits per heavy atom. The molecule has 2 heteroatoms. The van der Waals surface area contributed by atoms with Gasteiger partial charge in [-0.05, 0) is 11.8 Å². The summed E-state index contributed by atoms with van der Waals surface area (Å²) in [5.41, 5.74) is 0. The van der Waals surface area contributed by atoms with Crippen molar-refractivity contribution in [3.05, 3.63) is 0 Å². The minimum Gasteiger partial charge on any atom is -0.371 e. The molecule has 54 valence electrons. The number of ether oxygens (including phenoxy) is 1. The highest BCUT2D eigenvalue weighted by Gasteiger charge is 2.16. The van der Waals surface area contributed by atoms with Crippen LogP contribution in [-0.4, -0.2) is 18.3 Å². The number of thioether (sulfide) groups is 1. The van der Waals surface area contributed by atoms with Crippen LogP contribution in [0.5, 0.6) is 0 Å². The van der Waals surface area contributed by atoms with Gasteiger partial charge in [-0.1, -0.05) is 13.8 Å². The van der Waals surface area contributed by atoms with E-state index in [0.29, 0.717) is 0 Å². The first-order chi connectivity index (χ1) is 4.30. The highest BCUT2D eigenvalue weighted by Crippen LogP contribution is 2.22. The van der Waals surface area contributed by atoms with Crippen LogP contribution in [0.4, 0.5) is 0 Å². The molecule has 0 radical (unpaired) electrons. The maximum atomic E-state index is 5.31. The van der Waals surface area contributed by atoms with E-state index in [0.717, 1.165) is 24.4 Å². The Hall–Kier alpha value is 0.310. The first-order valence-electron chi connectivity index (χ1n) is 3.46. The second-order valence-electron chi connectivity index (χ2n) is 2.86. The summed E-state index contributed by atoms with van der Waals surface area (Å²) in [6.45, 7) is 5.50. The van der Waals surface area contributed by atoms with Crippen molar-refractivity contribution in [1.82, 2.24) is 0 Å². The fraction of sp³-hybridized carbons (Fsp3) is 1.00. The number of hydrogen-bond acceptors (Lipinski definition) is 2. The monoisotopic (exact) mass is 146 g/mol. The molecule has 0 amide bonds. The maximum absolute atomic E-state index is 5.31. The van der Waals surface area contributed by atoms with Crippen molar-refractivity contribution in [2.24, 2.45) is 11.8 Å². The zero-order chi connectivity index (χ0) is 6.69. The van der Waals surface area contributed by atoms with E-state index in [4.69, 9.17) is 4.74 Å². The predicted molar refractivity (Wildman–Crippen MR) is 41.6 cm³/mol. The van der Waals surface area contributed by atoms with Gasteiger partial charge in [-0.15, -0.1) is 11.8 Å². The van der Waals surface area contributed by atoms with E-state index < -0.39 is 0 Å². The van der Waals surface area contributed by atoms with Crippen molar-refractivity contribution in [2.75, 3.05) is 18.3 Å². The van der Waals surface area contributed by atoms with Crippen molar-refractivity contribution < 1.29 is 4.74 Å². The molecule has 1 aliphatic rings. The first-order valence-corrected chi connectivity index (χ1v) is 4.61. The van der Waals surface area contributed by atoms with E-state index >= 15 is 0 Å². The van der Waals surface area contributed by atoms with E-state index in [2.05, 4.69) is 13.8 Å². The average molecular weight is 146 g/mol. The van der Waals surface area contributed by atoms with Crippen LogP contribution in [0.25, 0.3) is 0 Å². The second-order valence-corrected chi connectivity index (χ2v) is 3.84. The van der Waals surface area contributed by atoms with Crippen LogP contribution in [0.1, 0.15) is 13.8 Å². The van der Waals surface area contributed by atoms with Crippen LogP contribution < -0.4 is 0 Å². The van der Waals surface area contributed by atoms with Crippen molar-refractivity contribution in [2.45, 2.75) is 13.8 Å². The minimum atomic E-state index is 0.790. The summed E-state index contributed by atoms with van der Waals surface area (Å²) in [6.07, 6.45) is 0. The molecule has 1 atom stereocenters. The molecule has 0 aromatic heterocycles. The molecule has 1 unspecified atom stereocenters. The average Bonchev–Trinajstić information content (AvgIpc) is 1.90. The molecule has 0 saturated carbocycles. The Balaban J connectivity index is 2.23. The first kappa shape index (κ1) is 7.42. The Morgan fingerprint density at radius 3 is 2.67 bits per heavy atom. The lowest BCUT2D eigenvalue weighted by atomic mass is 9.99. The zero-order valence-corrected chi connectivity index (χ0v) is 6.91. The third-order valence-electron chi connectivity index (χ3n) is 1.77.